The highest BCUT2D eigenvalue weighted by molar-refractivity contribution is 5.62. The molecule has 0 aromatic carbocycles. The Balaban J connectivity index is 2.05. The predicted molar refractivity (Wildman–Crippen MR) is 81.9 cm³/mol. The van der Waals surface area contributed by atoms with E-state index in [-0.39, 0.29) is 6.04 Å². The number of nitrogens with two attached hydrogens (primary N) is 1. The summed E-state index contributed by atoms with van der Waals surface area (Å²) >= 11 is 0. The Hall–Kier alpha value is -2.56. The predicted octanol–water partition coefficient (Wildman–Crippen LogP) is 3.35. The van der Waals surface area contributed by atoms with E-state index in [0.717, 1.165) is 28.3 Å². The minimum atomic E-state index is 0.134. The molecule has 1 unspecified atom stereocenters. The van der Waals surface area contributed by atoms with E-state index in [2.05, 4.69) is 27.5 Å². The molecule has 0 radical (unpaired) electrons. The monoisotopic (exact) mass is 282 g/mol. The van der Waals surface area contributed by atoms with Gasteiger partial charge in [-0.05, 0) is 39.0 Å². The summed E-state index contributed by atoms with van der Waals surface area (Å²) in [6.45, 7) is 6.08. The van der Waals surface area contributed by atoms with Crippen molar-refractivity contribution in [3.05, 3.63) is 54.0 Å². The van der Waals surface area contributed by atoms with Crippen LogP contribution in [0.1, 0.15) is 30.0 Å². The number of anilines is 1. The van der Waals surface area contributed by atoms with Crippen molar-refractivity contribution in [1.29, 1.82) is 0 Å². The molecule has 0 saturated carbocycles. The number of nitrogens with zero attached hydrogens (tertiary/aromatic N) is 3. The maximum Gasteiger partial charge on any atom is 0.123 e. The van der Waals surface area contributed by atoms with Crippen molar-refractivity contribution in [3.8, 4) is 11.3 Å². The summed E-state index contributed by atoms with van der Waals surface area (Å²) in [7, 11) is 0. The molecule has 0 saturated heterocycles. The van der Waals surface area contributed by atoms with Crippen LogP contribution in [0.2, 0.25) is 0 Å². The summed E-state index contributed by atoms with van der Waals surface area (Å²) in [5.74, 6) is 2.36. The average Bonchev–Trinajstić information content (AvgIpc) is 3.04. The molecule has 0 fully saturated rings. The molecule has 3 heterocycles. The van der Waals surface area contributed by atoms with E-state index in [4.69, 9.17) is 10.2 Å². The van der Waals surface area contributed by atoms with Gasteiger partial charge in [0.1, 0.15) is 17.3 Å². The first-order valence-corrected chi connectivity index (χ1v) is 6.87. The Morgan fingerprint density at radius 3 is 2.76 bits per heavy atom. The molecular weight excluding hydrogens is 264 g/mol. The molecule has 0 spiro atoms. The van der Waals surface area contributed by atoms with Gasteiger partial charge in [-0.25, -0.2) is 9.97 Å². The lowest BCUT2D eigenvalue weighted by molar-refractivity contribution is 0.494. The Bertz CT molecular complexity index is 772. The molecule has 108 valence electrons. The van der Waals surface area contributed by atoms with Gasteiger partial charge in [-0.2, -0.15) is 0 Å². The number of hydrogen-bond acceptors (Lipinski definition) is 4. The summed E-state index contributed by atoms with van der Waals surface area (Å²) in [5.41, 5.74) is 8.95. The Morgan fingerprint density at radius 2 is 2.10 bits per heavy atom. The molecule has 0 aliphatic carbocycles. The van der Waals surface area contributed by atoms with E-state index in [1.54, 1.807) is 6.20 Å². The zero-order chi connectivity index (χ0) is 15.0. The first-order valence-electron chi connectivity index (χ1n) is 6.87. The van der Waals surface area contributed by atoms with Crippen LogP contribution in [0.4, 0.5) is 5.82 Å². The topological polar surface area (TPSA) is 69.9 Å². The number of rotatable bonds is 3. The van der Waals surface area contributed by atoms with E-state index in [1.807, 2.05) is 38.5 Å². The smallest absolute Gasteiger partial charge is 0.123 e. The number of pyridine rings is 1. The van der Waals surface area contributed by atoms with E-state index >= 15 is 0 Å². The lowest BCUT2D eigenvalue weighted by atomic mass is 10.1. The number of furan rings is 1. The van der Waals surface area contributed by atoms with Gasteiger partial charge < -0.3 is 14.7 Å². The van der Waals surface area contributed by atoms with Crippen LogP contribution in [-0.4, -0.2) is 14.5 Å². The Labute approximate surface area is 123 Å². The quantitative estimate of drug-likeness (QED) is 0.799. The van der Waals surface area contributed by atoms with Gasteiger partial charge in [0.05, 0.1) is 24.3 Å². The molecule has 5 nitrogen and oxygen atoms in total. The van der Waals surface area contributed by atoms with Gasteiger partial charge in [0.2, 0.25) is 0 Å². The Kier molecular flexibility index (Phi) is 3.25. The van der Waals surface area contributed by atoms with Gasteiger partial charge in [-0.3, -0.25) is 0 Å². The van der Waals surface area contributed by atoms with Crippen molar-refractivity contribution < 1.29 is 4.42 Å². The largest absolute Gasteiger partial charge is 0.466 e. The number of aromatic nitrogens is 3. The van der Waals surface area contributed by atoms with Crippen LogP contribution < -0.4 is 5.73 Å². The van der Waals surface area contributed by atoms with Crippen LogP contribution >= 0.6 is 0 Å². The normalized spacial score (nSPS) is 12.5. The number of nitrogen functional groups attached to an aromatic ring is 1. The molecule has 3 aromatic heterocycles. The minimum Gasteiger partial charge on any atom is -0.466 e. The molecule has 0 bridgehead atoms. The SMILES string of the molecule is Cc1cc(C(C)n2cncc2-c2ccnc(N)c2)c(C)o1. The molecule has 1 atom stereocenters. The summed E-state index contributed by atoms with van der Waals surface area (Å²) in [5, 5.41) is 0. The van der Waals surface area contributed by atoms with Crippen LogP contribution in [0, 0.1) is 13.8 Å². The standard InChI is InChI=1S/C16H18N4O/c1-10-6-14(12(3)21-10)11(2)20-9-18-8-15(20)13-4-5-19-16(17)7-13/h4-9,11H,1-3H3,(H2,17,19). The van der Waals surface area contributed by atoms with Crippen LogP contribution in [-0.2, 0) is 0 Å². The third-order valence-electron chi connectivity index (χ3n) is 3.69. The summed E-state index contributed by atoms with van der Waals surface area (Å²) < 4.78 is 7.75. The zero-order valence-electron chi connectivity index (χ0n) is 12.4. The van der Waals surface area contributed by atoms with Crippen molar-refractivity contribution in [2.24, 2.45) is 0 Å². The number of hydrogen-bond donors (Lipinski definition) is 1. The second-order valence-electron chi connectivity index (χ2n) is 5.20. The van der Waals surface area contributed by atoms with Gasteiger partial charge in [0, 0.05) is 17.3 Å². The molecule has 2 N–H and O–H groups in total. The summed E-state index contributed by atoms with van der Waals surface area (Å²) in [6, 6.07) is 6.00. The first kappa shape index (κ1) is 13.4. The molecule has 3 rings (SSSR count). The van der Waals surface area contributed by atoms with Gasteiger partial charge in [-0.15, -0.1) is 0 Å². The minimum absolute atomic E-state index is 0.134. The zero-order valence-corrected chi connectivity index (χ0v) is 12.4. The molecular formula is C16H18N4O. The molecule has 21 heavy (non-hydrogen) atoms. The van der Waals surface area contributed by atoms with E-state index < -0.39 is 0 Å². The highest BCUT2D eigenvalue weighted by atomic mass is 16.3. The lowest BCUT2D eigenvalue weighted by Gasteiger charge is -2.16. The summed E-state index contributed by atoms with van der Waals surface area (Å²) in [4.78, 5) is 8.32. The van der Waals surface area contributed by atoms with Crippen molar-refractivity contribution >= 4 is 5.82 Å². The maximum atomic E-state index is 5.77. The summed E-state index contributed by atoms with van der Waals surface area (Å²) in [6.07, 6.45) is 5.38. The van der Waals surface area contributed by atoms with Gasteiger partial charge in [0.25, 0.3) is 0 Å². The molecule has 3 aromatic rings. The van der Waals surface area contributed by atoms with Crippen LogP contribution in [0.3, 0.4) is 0 Å². The molecule has 0 aliphatic rings. The first-order chi connectivity index (χ1) is 10.1. The van der Waals surface area contributed by atoms with Crippen molar-refractivity contribution in [3.63, 3.8) is 0 Å². The third-order valence-corrected chi connectivity index (χ3v) is 3.69. The number of imidazole rings is 1. The second kappa shape index (κ2) is 5.09. The van der Waals surface area contributed by atoms with Crippen LogP contribution in [0.5, 0.6) is 0 Å². The van der Waals surface area contributed by atoms with Gasteiger partial charge in [0.15, 0.2) is 0 Å². The highest BCUT2D eigenvalue weighted by Crippen LogP contribution is 2.29. The van der Waals surface area contributed by atoms with Crippen molar-refractivity contribution in [1.82, 2.24) is 14.5 Å². The average molecular weight is 282 g/mol. The van der Waals surface area contributed by atoms with Crippen LogP contribution in [0.25, 0.3) is 11.3 Å². The lowest BCUT2D eigenvalue weighted by Crippen LogP contribution is -2.07. The van der Waals surface area contributed by atoms with Crippen LogP contribution in [0.15, 0.2) is 41.3 Å². The second-order valence-corrected chi connectivity index (χ2v) is 5.20. The van der Waals surface area contributed by atoms with Crippen molar-refractivity contribution in [2.75, 3.05) is 5.73 Å². The third kappa shape index (κ3) is 2.42. The van der Waals surface area contributed by atoms with E-state index in [0.29, 0.717) is 5.82 Å². The fraction of sp³-hybridized carbons (Fsp3) is 0.250. The Morgan fingerprint density at radius 1 is 1.29 bits per heavy atom. The van der Waals surface area contributed by atoms with Gasteiger partial charge >= 0.3 is 0 Å². The maximum absolute atomic E-state index is 5.77. The molecule has 0 amide bonds. The number of aryl methyl sites for hydroxylation is 2. The van der Waals surface area contributed by atoms with Gasteiger partial charge in [-0.1, -0.05) is 0 Å². The molecule has 5 heteroatoms. The fourth-order valence-electron chi connectivity index (χ4n) is 2.66. The van der Waals surface area contributed by atoms with E-state index in [1.165, 1.54) is 0 Å². The highest BCUT2D eigenvalue weighted by Gasteiger charge is 2.17. The molecule has 0 aliphatic heterocycles. The van der Waals surface area contributed by atoms with Crippen molar-refractivity contribution in [2.45, 2.75) is 26.8 Å². The van der Waals surface area contributed by atoms with E-state index in [9.17, 15) is 0 Å². The fourth-order valence-corrected chi connectivity index (χ4v) is 2.66.